The quantitative estimate of drug-likeness (QED) is 0.869. The van der Waals surface area contributed by atoms with Gasteiger partial charge in [-0.15, -0.1) is 0 Å². The van der Waals surface area contributed by atoms with Crippen molar-refractivity contribution in [1.29, 1.82) is 0 Å². The van der Waals surface area contributed by atoms with Crippen molar-refractivity contribution in [3.8, 4) is 11.5 Å². The molecule has 0 aliphatic carbocycles. The second-order valence-electron chi connectivity index (χ2n) is 3.43. The molecule has 94 valence electrons. The fourth-order valence-electron chi connectivity index (χ4n) is 1.53. The van der Waals surface area contributed by atoms with Crippen LogP contribution in [0.3, 0.4) is 0 Å². The Kier molecular flexibility index (Phi) is 4.77. The molecule has 3 N–H and O–H groups in total. The highest BCUT2D eigenvalue weighted by Gasteiger charge is 2.19. The molecule has 1 aromatic carbocycles. The topological polar surface area (TPSA) is 81.8 Å². The maximum atomic E-state index is 10.7. The number of methoxy groups -OCH3 is 2. The Labute approximate surface area is 108 Å². The monoisotopic (exact) mass is 303 g/mol. The summed E-state index contributed by atoms with van der Waals surface area (Å²) in [7, 11) is 3.00. The van der Waals surface area contributed by atoms with Crippen molar-refractivity contribution in [3.63, 3.8) is 0 Å². The van der Waals surface area contributed by atoms with E-state index < -0.39 is 12.0 Å². The van der Waals surface area contributed by atoms with Crippen molar-refractivity contribution >= 4 is 21.9 Å². The largest absolute Gasteiger partial charge is 0.493 e. The van der Waals surface area contributed by atoms with Crippen LogP contribution in [-0.4, -0.2) is 25.3 Å². The van der Waals surface area contributed by atoms with E-state index in [9.17, 15) is 4.79 Å². The third-order valence-corrected chi connectivity index (χ3v) is 2.72. The normalized spacial score (nSPS) is 12.0. The number of carboxylic acids is 1. The van der Waals surface area contributed by atoms with E-state index in [1.807, 2.05) is 0 Å². The number of rotatable bonds is 5. The lowest BCUT2D eigenvalue weighted by molar-refractivity contribution is -0.137. The first-order chi connectivity index (χ1) is 7.99. The molecule has 6 heteroatoms. The third kappa shape index (κ3) is 3.34. The molecule has 1 atom stereocenters. The zero-order valence-corrected chi connectivity index (χ0v) is 11.2. The van der Waals surface area contributed by atoms with Crippen LogP contribution in [0.25, 0.3) is 0 Å². The predicted octanol–water partition coefficient (Wildman–Crippen LogP) is 1.94. The number of hydrogen-bond acceptors (Lipinski definition) is 4. The van der Waals surface area contributed by atoms with E-state index in [-0.39, 0.29) is 6.42 Å². The minimum Gasteiger partial charge on any atom is -0.493 e. The summed E-state index contributed by atoms with van der Waals surface area (Å²) in [5.41, 5.74) is 6.43. The van der Waals surface area contributed by atoms with E-state index >= 15 is 0 Å². The summed E-state index contributed by atoms with van der Waals surface area (Å²) in [5.74, 6) is 0.0145. The highest BCUT2D eigenvalue weighted by Crippen LogP contribution is 2.37. The first-order valence-electron chi connectivity index (χ1n) is 4.88. The summed E-state index contributed by atoms with van der Waals surface area (Å²) >= 11 is 3.31. The van der Waals surface area contributed by atoms with Gasteiger partial charge in [-0.25, -0.2) is 0 Å². The highest BCUT2D eigenvalue weighted by molar-refractivity contribution is 9.10. The molecule has 0 saturated carbocycles. The standard InChI is InChI=1S/C11H14BrNO4/c1-16-9-4-6(12)3-7(11(9)17-2)8(13)5-10(14)15/h3-4,8H,5,13H2,1-2H3,(H,14,15). The molecule has 1 unspecified atom stereocenters. The van der Waals surface area contributed by atoms with Crippen molar-refractivity contribution in [3.05, 3.63) is 22.2 Å². The number of carbonyl (C=O) groups is 1. The van der Waals surface area contributed by atoms with Gasteiger partial charge in [0.15, 0.2) is 11.5 Å². The van der Waals surface area contributed by atoms with Gasteiger partial charge in [0.2, 0.25) is 0 Å². The number of hydrogen-bond donors (Lipinski definition) is 2. The molecule has 0 saturated heterocycles. The van der Waals surface area contributed by atoms with E-state index in [4.69, 9.17) is 20.3 Å². The highest BCUT2D eigenvalue weighted by atomic mass is 79.9. The van der Waals surface area contributed by atoms with E-state index in [2.05, 4.69) is 15.9 Å². The van der Waals surface area contributed by atoms with Gasteiger partial charge in [0.05, 0.1) is 20.6 Å². The van der Waals surface area contributed by atoms with E-state index in [0.717, 1.165) is 4.47 Å². The summed E-state index contributed by atoms with van der Waals surface area (Å²) < 4.78 is 11.1. The average Bonchev–Trinajstić information content (AvgIpc) is 2.26. The van der Waals surface area contributed by atoms with E-state index in [0.29, 0.717) is 17.1 Å². The Morgan fingerprint density at radius 2 is 2.12 bits per heavy atom. The first kappa shape index (κ1) is 13.8. The maximum Gasteiger partial charge on any atom is 0.305 e. The minimum atomic E-state index is -0.960. The van der Waals surface area contributed by atoms with Gasteiger partial charge >= 0.3 is 5.97 Å². The summed E-state index contributed by atoms with van der Waals surface area (Å²) in [4.78, 5) is 10.7. The van der Waals surface area contributed by atoms with E-state index in [1.165, 1.54) is 14.2 Å². The van der Waals surface area contributed by atoms with Gasteiger partial charge in [-0.1, -0.05) is 15.9 Å². The smallest absolute Gasteiger partial charge is 0.305 e. The number of benzene rings is 1. The molecule has 0 aliphatic heterocycles. The molecular weight excluding hydrogens is 290 g/mol. The van der Waals surface area contributed by atoms with Gasteiger partial charge in [-0.3, -0.25) is 4.79 Å². The number of carboxylic acid groups (broad SMARTS) is 1. The lowest BCUT2D eigenvalue weighted by Gasteiger charge is -2.17. The summed E-state index contributed by atoms with van der Waals surface area (Å²) in [6.07, 6.45) is -0.171. The molecule has 0 radical (unpaired) electrons. The number of halogens is 1. The Bertz CT molecular complexity index is 422. The Morgan fingerprint density at radius 3 is 2.59 bits per heavy atom. The molecule has 0 heterocycles. The lowest BCUT2D eigenvalue weighted by Crippen LogP contribution is -2.16. The Morgan fingerprint density at radius 1 is 1.47 bits per heavy atom. The predicted molar refractivity (Wildman–Crippen MR) is 66.4 cm³/mol. The van der Waals surface area contributed by atoms with Crippen molar-refractivity contribution < 1.29 is 19.4 Å². The second-order valence-corrected chi connectivity index (χ2v) is 4.35. The van der Waals surface area contributed by atoms with Crippen LogP contribution in [0.4, 0.5) is 0 Å². The van der Waals surface area contributed by atoms with Gasteiger partial charge in [0.25, 0.3) is 0 Å². The van der Waals surface area contributed by atoms with Crippen LogP contribution in [0.1, 0.15) is 18.0 Å². The van der Waals surface area contributed by atoms with Crippen molar-refractivity contribution in [2.45, 2.75) is 12.5 Å². The van der Waals surface area contributed by atoms with Crippen LogP contribution in [0.2, 0.25) is 0 Å². The Hall–Kier alpha value is -1.27. The molecular formula is C11H14BrNO4. The fourth-order valence-corrected chi connectivity index (χ4v) is 1.99. The van der Waals surface area contributed by atoms with Crippen molar-refractivity contribution in [2.24, 2.45) is 5.73 Å². The molecule has 0 aromatic heterocycles. The van der Waals surface area contributed by atoms with Gasteiger partial charge < -0.3 is 20.3 Å². The van der Waals surface area contributed by atoms with Gasteiger partial charge in [0.1, 0.15) is 0 Å². The second kappa shape index (κ2) is 5.88. The fraction of sp³-hybridized carbons (Fsp3) is 0.364. The molecule has 5 nitrogen and oxygen atoms in total. The molecule has 0 bridgehead atoms. The zero-order valence-electron chi connectivity index (χ0n) is 9.57. The summed E-state index contributed by atoms with van der Waals surface area (Å²) in [6, 6.07) is 2.82. The van der Waals surface area contributed by atoms with Crippen LogP contribution in [-0.2, 0) is 4.79 Å². The molecule has 1 rings (SSSR count). The van der Waals surface area contributed by atoms with Crippen LogP contribution < -0.4 is 15.2 Å². The SMILES string of the molecule is COc1cc(Br)cc(C(N)CC(=O)O)c1OC. The van der Waals surface area contributed by atoms with Crippen LogP contribution in [0.15, 0.2) is 16.6 Å². The Balaban J connectivity index is 3.20. The van der Waals surface area contributed by atoms with Gasteiger partial charge in [-0.2, -0.15) is 0 Å². The first-order valence-corrected chi connectivity index (χ1v) is 5.67. The van der Waals surface area contributed by atoms with Crippen LogP contribution in [0.5, 0.6) is 11.5 Å². The minimum absolute atomic E-state index is 0.171. The van der Waals surface area contributed by atoms with E-state index in [1.54, 1.807) is 12.1 Å². The molecule has 0 spiro atoms. The maximum absolute atomic E-state index is 10.7. The van der Waals surface area contributed by atoms with Crippen molar-refractivity contribution in [1.82, 2.24) is 0 Å². The summed E-state index contributed by atoms with van der Waals surface area (Å²) in [6.45, 7) is 0. The van der Waals surface area contributed by atoms with Gasteiger partial charge in [-0.05, 0) is 12.1 Å². The molecule has 17 heavy (non-hydrogen) atoms. The summed E-state index contributed by atoms with van der Waals surface area (Å²) in [5, 5.41) is 8.74. The van der Waals surface area contributed by atoms with Gasteiger partial charge in [0, 0.05) is 16.1 Å². The molecule has 0 amide bonds. The van der Waals surface area contributed by atoms with Crippen molar-refractivity contribution in [2.75, 3.05) is 14.2 Å². The molecule has 0 fully saturated rings. The van der Waals surface area contributed by atoms with Crippen LogP contribution >= 0.6 is 15.9 Å². The zero-order chi connectivity index (χ0) is 13.0. The third-order valence-electron chi connectivity index (χ3n) is 2.27. The lowest BCUT2D eigenvalue weighted by atomic mass is 10.0. The van der Waals surface area contributed by atoms with Crippen LogP contribution in [0, 0.1) is 0 Å². The molecule has 0 aliphatic rings. The number of nitrogens with two attached hydrogens (primary N) is 1. The molecule has 1 aromatic rings. The average molecular weight is 304 g/mol. The number of ether oxygens (including phenoxy) is 2. The number of aliphatic carboxylic acids is 1.